The van der Waals surface area contributed by atoms with Crippen LogP contribution in [0.15, 0.2) is 0 Å². The van der Waals surface area contributed by atoms with E-state index in [2.05, 4.69) is 9.84 Å². The van der Waals surface area contributed by atoms with E-state index in [1.807, 2.05) is 0 Å². The number of carbonyl (C=O) groups is 1. The van der Waals surface area contributed by atoms with Gasteiger partial charge in [-0.1, -0.05) is 0 Å². The fourth-order valence-corrected chi connectivity index (χ4v) is 1.06. The lowest BCUT2D eigenvalue weighted by Gasteiger charge is -2.06. The molecule has 1 aromatic heterocycles. The van der Waals surface area contributed by atoms with E-state index < -0.39 is 29.2 Å². The van der Waals surface area contributed by atoms with Crippen molar-refractivity contribution < 1.29 is 22.7 Å². The van der Waals surface area contributed by atoms with Crippen molar-refractivity contribution in [1.29, 1.82) is 0 Å². The predicted molar refractivity (Wildman–Crippen MR) is 44.0 cm³/mol. The number of alkyl halides is 3. The van der Waals surface area contributed by atoms with Crippen molar-refractivity contribution in [2.45, 2.75) is 6.18 Å². The Morgan fingerprint density at radius 1 is 1.53 bits per heavy atom. The number of aromatic nitrogens is 2. The van der Waals surface area contributed by atoms with Gasteiger partial charge in [-0.3, -0.25) is 4.68 Å². The Labute approximate surface area is 82.6 Å². The second kappa shape index (κ2) is 3.44. The van der Waals surface area contributed by atoms with Gasteiger partial charge >= 0.3 is 12.1 Å². The van der Waals surface area contributed by atoms with Gasteiger partial charge in [0.15, 0.2) is 5.69 Å². The van der Waals surface area contributed by atoms with Crippen molar-refractivity contribution >= 4 is 11.8 Å². The average Bonchev–Trinajstić information content (AvgIpc) is 2.41. The summed E-state index contributed by atoms with van der Waals surface area (Å²) < 4.78 is 42.4. The third kappa shape index (κ3) is 1.88. The molecule has 0 aliphatic heterocycles. The highest BCUT2D eigenvalue weighted by Crippen LogP contribution is 2.35. The van der Waals surface area contributed by atoms with Crippen molar-refractivity contribution in [1.82, 2.24) is 9.78 Å². The molecule has 15 heavy (non-hydrogen) atoms. The molecule has 8 heteroatoms. The SMILES string of the molecule is COC(=O)c1nn(C)c(N)c1C(F)(F)F. The molecule has 1 heterocycles. The number of hydrogen-bond acceptors (Lipinski definition) is 4. The van der Waals surface area contributed by atoms with Gasteiger partial charge in [0, 0.05) is 7.05 Å². The van der Waals surface area contributed by atoms with Crippen LogP contribution in [0.4, 0.5) is 19.0 Å². The van der Waals surface area contributed by atoms with Crippen LogP contribution in [0, 0.1) is 0 Å². The van der Waals surface area contributed by atoms with Crippen molar-refractivity contribution in [3.8, 4) is 0 Å². The highest BCUT2D eigenvalue weighted by atomic mass is 19.4. The fraction of sp³-hybridized carbons (Fsp3) is 0.429. The smallest absolute Gasteiger partial charge is 0.422 e. The summed E-state index contributed by atoms with van der Waals surface area (Å²) in [7, 11) is 2.17. The van der Waals surface area contributed by atoms with E-state index in [1.54, 1.807) is 0 Å². The first-order chi connectivity index (χ1) is 6.79. The number of nitrogens with zero attached hydrogens (tertiary/aromatic N) is 2. The molecule has 0 radical (unpaired) electrons. The third-order valence-electron chi connectivity index (χ3n) is 1.75. The maximum Gasteiger partial charge on any atom is 0.422 e. The first-order valence-electron chi connectivity index (χ1n) is 3.77. The van der Waals surface area contributed by atoms with E-state index in [-0.39, 0.29) is 0 Å². The topological polar surface area (TPSA) is 70.1 Å². The fourth-order valence-electron chi connectivity index (χ4n) is 1.06. The zero-order chi connectivity index (χ0) is 11.8. The largest absolute Gasteiger partial charge is 0.464 e. The van der Waals surface area contributed by atoms with E-state index in [9.17, 15) is 18.0 Å². The lowest BCUT2D eigenvalue weighted by molar-refractivity contribution is -0.137. The van der Waals surface area contributed by atoms with Gasteiger partial charge in [-0.2, -0.15) is 18.3 Å². The van der Waals surface area contributed by atoms with E-state index in [1.165, 1.54) is 7.05 Å². The number of ether oxygens (including phenoxy) is 1. The number of nitrogens with two attached hydrogens (primary N) is 1. The summed E-state index contributed by atoms with van der Waals surface area (Å²) in [5.74, 6) is -1.79. The lowest BCUT2D eigenvalue weighted by atomic mass is 10.2. The van der Waals surface area contributed by atoms with Crippen LogP contribution in [0.1, 0.15) is 16.1 Å². The van der Waals surface area contributed by atoms with E-state index in [4.69, 9.17) is 5.73 Å². The summed E-state index contributed by atoms with van der Waals surface area (Å²) in [5, 5.41) is 3.34. The second-order valence-corrected chi connectivity index (χ2v) is 2.72. The molecule has 0 aliphatic carbocycles. The number of esters is 1. The molecule has 0 aromatic carbocycles. The molecule has 0 saturated heterocycles. The highest BCUT2D eigenvalue weighted by Gasteiger charge is 2.41. The molecule has 0 saturated carbocycles. The lowest BCUT2D eigenvalue weighted by Crippen LogP contribution is -2.14. The molecule has 84 valence electrons. The first-order valence-corrected chi connectivity index (χ1v) is 3.77. The highest BCUT2D eigenvalue weighted by molar-refractivity contribution is 5.90. The Kier molecular flexibility index (Phi) is 2.61. The number of rotatable bonds is 1. The molecule has 1 rings (SSSR count). The summed E-state index contributed by atoms with van der Waals surface area (Å²) in [5.41, 5.74) is 3.06. The standard InChI is InChI=1S/C7H8F3N3O2/c1-13-5(11)3(7(8,9)10)4(12-13)6(14)15-2/h11H2,1-2H3. The summed E-state index contributed by atoms with van der Waals surface area (Å²) in [4.78, 5) is 11.0. The number of methoxy groups -OCH3 is 1. The maximum atomic E-state index is 12.5. The van der Waals surface area contributed by atoms with Crippen LogP contribution < -0.4 is 5.73 Å². The van der Waals surface area contributed by atoms with Crippen molar-refractivity contribution in [3.05, 3.63) is 11.3 Å². The first kappa shape index (κ1) is 11.3. The maximum absolute atomic E-state index is 12.5. The van der Waals surface area contributed by atoms with Crippen LogP contribution in [-0.2, 0) is 18.0 Å². The molecule has 0 amide bonds. The number of halogens is 3. The van der Waals surface area contributed by atoms with Gasteiger partial charge in [-0.25, -0.2) is 4.79 Å². The monoisotopic (exact) mass is 223 g/mol. The van der Waals surface area contributed by atoms with E-state index in [0.29, 0.717) is 0 Å². The molecule has 0 unspecified atom stereocenters. The normalized spacial score (nSPS) is 11.5. The van der Waals surface area contributed by atoms with Crippen LogP contribution >= 0.6 is 0 Å². The quantitative estimate of drug-likeness (QED) is 0.715. The van der Waals surface area contributed by atoms with E-state index >= 15 is 0 Å². The molecule has 0 fully saturated rings. The van der Waals surface area contributed by atoms with Crippen LogP contribution in [0.2, 0.25) is 0 Å². The summed E-state index contributed by atoms with van der Waals surface area (Å²) >= 11 is 0. The second-order valence-electron chi connectivity index (χ2n) is 2.72. The number of anilines is 1. The summed E-state index contributed by atoms with van der Waals surface area (Å²) in [6.45, 7) is 0. The van der Waals surface area contributed by atoms with Gasteiger partial charge in [0.05, 0.1) is 7.11 Å². The minimum Gasteiger partial charge on any atom is -0.464 e. The summed E-state index contributed by atoms with van der Waals surface area (Å²) in [6.07, 6.45) is -4.73. The zero-order valence-corrected chi connectivity index (χ0v) is 7.92. The van der Waals surface area contributed by atoms with E-state index in [0.717, 1.165) is 11.8 Å². The minimum absolute atomic E-state index is 0.622. The van der Waals surface area contributed by atoms with Crippen molar-refractivity contribution in [3.63, 3.8) is 0 Å². The number of nitrogen functional groups attached to an aromatic ring is 1. The molecule has 0 bridgehead atoms. The third-order valence-corrected chi connectivity index (χ3v) is 1.75. The average molecular weight is 223 g/mol. The van der Waals surface area contributed by atoms with Crippen LogP contribution in [0.25, 0.3) is 0 Å². The Hall–Kier alpha value is -1.73. The minimum atomic E-state index is -4.73. The zero-order valence-electron chi connectivity index (χ0n) is 7.92. The van der Waals surface area contributed by atoms with Crippen LogP contribution in [0.5, 0.6) is 0 Å². The molecule has 0 aliphatic rings. The summed E-state index contributed by atoms with van der Waals surface area (Å²) in [6, 6.07) is 0. The number of aryl methyl sites for hydroxylation is 1. The van der Waals surface area contributed by atoms with Gasteiger partial charge in [0.2, 0.25) is 0 Å². The molecule has 2 N–H and O–H groups in total. The van der Waals surface area contributed by atoms with Crippen LogP contribution in [0.3, 0.4) is 0 Å². The molecule has 0 spiro atoms. The molecule has 5 nitrogen and oxygen atoms in total. The molecular formula is C7H8F3N3O2. The van der Waals surface area contributed by atoms with Crippen molar-refractivity contribution in [2.24, 2.45) is 7.05 Å². The number of carbonyl (C=O) groups excluding carboxylic acids is 1. The molecule has 0 atom stereocenters. The number of hydrogen-bond donors (Lipinski definition) is 1. The predicted octanol–water partition coefficient (Wildman–Crippen LogP) is 0.808. The van der Waals surface area contributed by atoms with Crippen LogP contribution in [-0.4, -0.2) is 22.9 Å². The molecular weight excluding hydrogens is 215 g/mol. The Bertz CT molecular complexity index is 397. The van der Waals surface area contributed by atoms with Crippen molar-refractivity contribution in [2.75, 3.05) is 12.8 Å². The van der Waals surface area contributed by atoms with Gasteiger partial charge in [-0.15, -0.1) is 0 Å². The van der Waals surface area contributed by atoms with Gasteiger partial charge in [0.1, 0.15) is 11.4 Å². The Morgan fingerprint density at radius 3 is 2.47 bits per heavy atom. The van der Waals surface area contributed by atoms with Gasteiger partial charge < -0.3 is 10.5 Å². The molecule has 1 aromatic rings. The van der Waals surface area contributed by atoms with Gasteiger partial charge in [0.25, 0.3) is 0 Å². The van der Waals surface area contributed by atoms with Gasteiger partial charge in [-0.05, 0) is 0 Å². The Balaban J connectivity index is 3.41. The Morgan fingerprint density at radius 2 is 2.07 bits per heavy atom.